The van der Waals surface area contributed by atoms with E-state index in [1.54, 1.807) is 12.1 Å². The highest BCUT2D eigenvalue weighted by Crippen LogP contribution is 2.40. The van der Waals surface area contributed by atoms with Crippen molar-refractivity contribution in [2.24, 2.45) is 17.8 Å². The number of rotatable bonds is 14. The first-order valence-corrected chi connectivity index (χ1v) is 14.1. The number of nitrogens with one attached hydrogen (secondary N) is 1. The lowest BCUT2D eigenvalue weighted by Crippen LogP contribution is -2.47. The van der Waals surface area contributed by atoms with Crippen LogP contribution in [0.15, 0.2) is 24.3 Å². The Bertz CT molecular complexity index is 1050. The van der Waals surface area contributed by atoms with Crippen LogP contribution in [0.2, 0.25) is 0 Å². The topological polar surface area (TPSA) is 122 Å². The van der Waals surface area contributed by atoms with E-state index in [1.165, 1.54) is 9.80 Å². The Morgan fingerprint density at radius 1 is 0.923 bits per heavy atom. The molecule has 4 rings (SSSR count). The van der Waals surface area contributed by atoms with Gasteiger partial charge in [0.15, 0.2) is 0 Å². The molecule has 0 aromatic heterocycles. The normalized spacial score (nSPS) is 21.5. The quantitative estimate of drug-likeness (QED) is 0.218. The van der Waals surface area contributed by atoms with Gasteiger partial charge in [-0.05, 0) is 42.9 Å². The van der Waals surface area contributed by atoms with E-state index in [4.69, 9.17) is 9.47 Å². The first-order valence-electron chi connectivity index (χ1n) is 14.1. The van der Waals surface area contributed by atoms with Crippen molar-refractivity contribution in [3.63, 3.8) is 0 Å². The van der Waals surface area contributed by atoms with E-state index in [1.807, 2.05) is 19.1 Å². The summed E-state index contributed by atoms with van der Waals surface area (Å²) in [6.07, 6.45) is 5.82. The molecule has 3 aliphatic rings. The molecular weight excluding hydrogens is 502 g/mol. The first-order chi connectivity index (χ1) is 18.8. The minimum absolute atomic E-state index is 0.0464. The minimum atomic E-state index is -0.244. The molecule has 0 spiro atoms. The summed E-state index contributed by atoms with van der Waals surface area (Å²) in [5.74, 6) is -0.650. The molecule has 39 heavy (non-hydrogen) atoms. The minimum Gasteiger partial charge on any atom is -0.379 e. The van der Waals surface area contributed by atoms with Crippen LogP contribution >= 0.6 is 0 Å². The fraction of sp³-hybridized carbons (Fsp3) is 0.621. The number of ether oxygens (including phenoxy) is 2. The van der Waals surface area contributed by atoms with E-state index in [-0.39, 0.29) is 74.0 Å². The number of benzene rings is 1. The molecule has 2 aliphatic heterocycles. The number of imide groups is 2. The van der Waals surface area contributed by atoms with Crippen LogP contribution in [0, 0.1) is 17.8 Å². The number of nitrogens with zero attached hydrogens (tertiary/aromatic N) is 2. The number of anilines is 1. The molecule has 2 atom stereocenters. The van der Waals surface area contributed by atoms with E-state index in [9.17, 15) is 24.0 Å². The Hall–Kier alpha value is -3.11. The van der Waals surface area contributed by atoms with Gasteiger partial charge in [0.2, 0.25) is 29.5 Å². The molecule has 0 bridgehead atoms. The zero-order valence-electron chi connectivity index (χ0n) is 22.7. The number of aryl methyl sites for hydroxylation is 1. The second-order valence-corrected chi connectivity index (χ2v) is 10.6. The van der Waals surface area contributed by atoms with Crippen molar-refractivity contribution >= 4 is 35.2 Å². The lowest BCUT2D eigenvalue weighted by molar-refractivity contribution is -0.152. The van der Waals surface area contributed by atoms with Gasteiger partial charge in [0.05, 0.1) is 45.3 Å². The molecule has 1 aliphatic carbocycles. The Morgan fingerprint density at radius 3 is 2.26 bits per heavy atom. The van der Waals surface area contributed by atoms with Gasteiger partial charge in [-0.1, -0.05) is 31.9 Å². The zero-order valence-corrected chi connectivity index (χ0v) is 22.7. The van der Waals surface area contributed by atoms with E-state index in [0.717, 1.165) is 31.2 Å². The van der Waals surface area contributed by atoms with Crippen molar-refractivity contribution in [2.45, 2.75) is 58.3 Å². The van der Waals surface area contributed by atoms with E-state index in [2.05, 4.69) is 5.32 Å². The van der Waals surface area contributed by atoms with Crippen molar-refractivity contribution in [1.29, 1.82) is 0 Å². The molecule has 1 saturated carbocycles. The first kappa shape index (κ1) is 28.9. The third kappa shape index (κ3) is 7.51. The SMILES string of the molecule is CC1C(=O)N(CCOCCOCCC(=O)Nc2ccc(CCC(=O)N3CCC3=O)cc2)C(=O)C1C1CCCC1. The van der Waals surface area contributed by atoms with Crippen LogP contribution in [-0.2, 0) is 39.9 Å². The third-order valence-corrected chi connectivity index (χ3v) is 7.97. The highest BCUT2D eigenvalue weighted by atomic mass is 16.5. The summed E-state index contributed by atoms with van der Waals surface area (Å²) < 4.78 is 11.0. The van der Waals surface area contributed by atoms with Gasteiger partial charge < -0.3 is 14.8 Å². The van der Waals surface area contributed by atoms with Crippen LogP contribution in [0.3, 0.4) is 0 Å². The zero-order chi connectivity index (χ0) is 27.8. The van der Waals surface area contributed by atoms with Crippen LogP contribution in [0.4, 0.5) is 5.69 Å². The monoisotopic (exact) mass is 541 g/mol. The van der Waals surface area contributed by atoms with Crippen molar-refractivity contribution < 1.29 is 33.4 Å². The largest absolute Gasteiger partial charge is 0.379 e. The van der Waals surface area contributed by atoms with E-state index >= 15 is 0 Å². The van der Waals surface area contributed by atoms with Gasteiger partial charge in [0.1, 0.15) is 0 Å². The molecule has 5 amide bonds. The highest BCUT2D eigenvalue weighted by molar-refractivity contribution is 6.05. The Balaban J connectivity index is 1.03. The number of hydrogen-bond acceptors (Lipinski definition) is 7. The van der Waals surface area contributed by atoms with Gasteiger partial charge >= 0.3 is 0 Å². The van der Waals surface area contributed by atoms with Gasteiger partial charge in [-0.25, -0.2) is 0 Å². The molecular formula is C29H39N3O7. The number of carbonyl (C=O) groups excluding carboxylic acids is 5. The molecule has 0 radical (unpaired) electrons. The second kappa shape index (κ2) is 13.8. The molecule has 10 nitrogen and oxygen atoms in total. The predicted octanol–water partition coefficient (Wildman–Crippen LogP) is 2.55. The van der Waals surface area contributed by atoms with E-state index in [0.29, 0.717) is 44.2 Å². The molecule has 3 fully saturated rings. The number of amides is 5. The Kier molecular flexibility index (Phi) is 10.2. The average Bonchev–Trinajstić information content (AvgIpc) is 3.51. The molecule has 212 valence electrons. The van der Waals surface area contributed by atoms with Crippen LogP contribution in [-0.4, -0.2) is 78.9 Å². The van der Waals surface area contributed by atoms with Gasteiger partial charge in [0, 0.05) is 31.0 Å². The second-order valence-electron chi connectivity index (χ2n) is 10.6. The summed E-state index contributed by atoms with van der Waals surface area (Å²) in [4.78, 5) is 63.5. The van der Waals surface area contributed by atoms with Crippen LogP contribution in [0.1, 0.15) is 57.4 Å². The van der Waals surface area contributed by atoms with Crippen molar-refractivity contribution in [2.75, 3.05) is 44.8 Å². The van der Waals surface area contributed by atoms with Gasteiger partial charge in [-0.2, -0.15) is 0 Å². The van der Waals surface area contributed by atoms with Gasteiger partial charge in [0.25, 0.3) is 0 Å². The summed E-state index contributed by atoms with van der Waals surface area (Å²) in [5.41, 5.74) is 1.62. The molecule has 2 unspecified atom stereocenters. The molecule has 1 aromatic rings. The summed E-state index contributed by atoms with van der Waals surface area (Å²) >= 11 is 0. The van der Waals surface area contributed by atoms with Crippen molar-refractivity contribution in [1.82, 2.24) is 9.80 Å². The van der Waals surface area contributed by atoms with Crippen LogP contribution in [0.5, 0.6) is 0 Å². The average molecular weight is 542 g/mol. The summed E-state index contributed by atoms with van der Waals surface area (Å²) in [7, 11) is 0. The smallest absolute Gasteiger partial charge is 0.233 e. The molecule has 2 heterocycles. The maximum atomic E-state index is 12.8. The molecule has 1 N–H and O–H groups in total. The third-order valence-electron chi connectivity index (χ3n) is 7.97. The molecule has 10 heteroatoms. The van der Waals surface area contributed by atoms with Crippen molar-refractivity contribution in [3.8, 4) is 0 Å². The molecule has 2 saturated heterocycles. The number of hydrogen-bond donors (Lipinski definition) is 1. The van der Waals surface area contributed by atoms with Crippen molar-refractivity contribution in [3.05, 3.63) is 29.8 Å². The van der Waals surface area contributed by atoms with Gasteiger partial charge in [-0.15, -0.1) is 0 Å². The number of carbonyl (C=O) groups is 5. The fourth-order valence-electron chi connectivity index (χ4n) is 5.63. The Morgan fingerprint density at radius 2 is 1.62 bits per heavy atom. The van der Waals surface area contributed by atoms with Crippen LogP contribution < -0.4 is 5.32 Å². The highest BCUT2D eigenvalue weighted by Gasteiger charge is 2.48. The standard InChI is InChI=1S/C29H39N3O7/c1-20-27(22-4-2-3-5-22)29(37)32(28(20)36)15-17-39-19-18-38-16-13-24(33)30-23-9-6-21(7-10-23)8-11-25(34)31-14-12-26(31)35/h6-7,9-10,20,22,27H,2-5,8,11-19H2,1H3,(H,30,33). The summed E-state index contributed by atoms with van der Waals surface area (Å²) in [6, 6.07) is 7.28. The maximum absolute atomic E-state index is 12.8. The lowest BCUT2D eigenvalue weighted by Gasteiger charge is -2.28. The Labute approximate surface area is 229 Å². The number of likely N-dealkylation sites (tertiary alicyclic amines) is 2. The number of β-lactam (4-membered cyclic amide) rings is 1. The summed E-state index contributed by atoms with van der Waals surface area (Å²) in [6.45, 7) is 3.79. The van der Waals surface area contributed by atoms with Crippen LogP contribution in [0.25, 0.3) is 0 Å². The fourth-order valence-corrected chi connectivity index (χ4v) is 5.63. The van der Waals surface area contributed by atoms with Gasteiger partial charge in [-0.3, -0.25) is 33.8 Å². The lowest BCUT2D eigenvalue weighted by atomic mass is 9.83. The summed E-state index contributed by atoms with van der Waals surface area (Å²) in [5, 5.41) is 2.81. The molecule has 1 aromatic carbocycles. The predicted molar refractivity (Wildman–Crippen MR) is 142 cm³/mol. The van der Waals surface area contributed by atoms with E-state index < -0.39 is 0 Å². The maximum Gasteiger partial charge on any atom is 0.233 e.